The van der Waals surface area contributed by atoms with Gasteiger partial charge < -0.3 is 14.0 Å². The summed E-state index contributed by atoms with van der Waals surface area (Å²) in [6, 6.07) is 13.1. The van der Waals surface area contributed by atoms with Crippen LogP contribution in [0.3, 0.4) is 0 Å². The Hall–Kier alpha value is -3.55. The van der Waals surface area contributed by atoms with Gasteiger partial charge in [-0.3, -0.25) is 0 Å². The lowest BCUT2D eigenvalue weighted by Crippen LogP contribution is -2.05. The molecule has 0 radical (unpaired) electrons. The summed E-state index contributed by atoms with van der Waals surface area (Å²) in [5.74, 6) is -0.301. The summed E-state index contributed by atoms with van der Waals surface area (Å²) in [6.07, 6.45) is -3.15. The van der Waals surface area contributed by atoms with E-state index in [4.69, 9.17) is 14.0 Å². The Kier molecular flexibility index (Phi) is 5.72. The number of carbonyl (C=O) groups excluding carboxylic acids is 1. The van der Waals surface area contributed by atoms with Crippen LogP contribution in [-0.4, -0.2) is 25.3 Å². The Labute approximate surface area is 164 Å². The van der Waals surface area contributed by atoms with E-state index in [1.165, 1.54) is 32.6 Å². The molecule has 0 aliphatic heterocycles. The number of carbonyl (C=O) groups is 1. The van der Waals surface area contributed by atoms with Gasteiger partial charge in [-0.1, -0.05) is 41.6 Å². The molecule has 8 heteroatoms. The minimum Gasteiger partial charge on any atom is -0.503 e. The first-order valence-electron chi connectivity index (χ1n) is 8.40. The van der Waals surface area contributed by atoms with Crippen LogP contribution >= 0.6 is 0 Å². The average Bonchev–Trinajstić information content (AvgIpc) is 3.21. The number of hydrogen-bond donors (Lipinski definition) is 0. The quantitative estimate of drug-likeness (QED) is 0.333. The molecule has 3 aromatic rings. The summed E-state index contributed by atoms with van der Waals surface area (Å²) in [5.41, 5.74) is 1.36. The lowest BCUT2D eigenvalue weighted by Gasteiger charge is -2.09. The lowest BCUT2D eigenvalue weighted by atomic mass is 9.98. The summed E-state index contributed by atoms with van der Waals surface area (Å²) in [7, 11) is 2.66. The van der Waals surface area contributed by atoms with Gasteiger partial charge in [-0.2, -0.15) is 13.2 Å². The molecule has 0 aliphatic carbocycles. The Balaban J connectivity index is 1.99. The fourth-order valence-electron chi connectivity index (χ4n) is 2.75. The molecule has 0 aliphatic rings. The van der Waals surface area contributed by atoms with Crippen molar-refractivity contribution >= 4 is 11.5 Å². The average molecular weight is 403 g/mol. The molecule has 3 rings (SSSR count). The van der Waals surface area contributed by atoms with Crippen molar-refractivity contribution < 1.29 is 32.0 Å². The van der Waals surface area contributed by atoms with Gasteiger partial charge in [-0.15, -0.1) is 0 Å². The highest BCUT2D eigenvalue weighted by atomic mass is 19.4. The molecule has 0 bridgehead atoms. The molecule has 0 spiro atoms. The number of alkyl halides is 3. The summed E-state index contributed by atoms with van der Waals surface area (Å²) >= 11 is 0. The van der Waals surface area contributed by atoms with Gasteiger partial charge in [0.05, 0.1) is 26.0 Å². The van der Waals surface area contributed by atoms with E-state index in [0.29, 0.717) is 28.1 Å². The monoisotopic (exact) mass is 403 g/mol. The highest BCUT2D eigenvalue weighted by molar-refractivity contribution is 6.17. The van der Waals surface area contributed by atoms with Crippen LogP contribution in [0.25, 0.3) is 28.2 Å². The Morgan fingerprint density at radius 2 is 1.76 bits per heavy atom. The lowest BCUT2D eigenvalue weighted by molar-refractivity contribution is -0.137. The largest absolute Gasteiger partial charge is 0.503 e. The molecule has 0 N–H and O–H groups in total. The van der Waals surface area contributed by atoms with Crippen molar-refractivity contribution in [2.75, 3.05) is 14.2 Å². The smallest absolute Gasteiger partial charge is 0.416 e. The summed E-state index contributed by atoms with van der Waals surface area (Å²) < 4.78 is 53.3. The molecule has 0 atom stereocenters. The van der Waals surface area contributed by atoms with Crippen molar-refractivity contribution in [2.45, 2.75) is 6.18 Å². The van der Waals surface area contributed by atoms with Gasteiger partial charge in [-0.05, 0) is 12.1 Å². The van der Waals surface area contributed by atoms with Crippen molar-refractivity contribution in [3.63, 3.8) is 0 Å². The minimum absolute atomic E-state index is 0.185. The molecule has 0 saturated heterocycles. The summed E-state index contributed by atoms with van der Waals surface area (Å²) in [6.45, 7) is 0. The predicted molar refractivity (Wildman–Crippen MR) is 99.4 cm³/mol. The normalized spacial score (nSPS) is 12.0. The third-order valence-corrected chi connectivity index (χ3v) is 4.14. The molecule has 1 aromatic heterocycles. The number of rotatable bonds is 5. The second-order valence-corrected chi connectivity index (χ2v) is 5.96. The molecule has 0 unspecified atom stereocenters. The number of aromatic nitrogens is 1. The number of benzene rings is 2. The first-order valence-corrected chi connectivity index (χ1v) is 8.40. The fraction of sp³-hybridized carbons (Fsp3) is 0.143. The van der Waals surface area contributed by atoms with Gasteiger partial charge in [-0.25, -0.2) is 4.79 Å². The van der Waals surface area contributed by atoms with E-state index >= 15 is 0 Å². The zero-order valence-corrected chi connectivity index (χ0v) is 15.5. The minimum atomic E-state index is -4.41. The Morgan fingerprint density at radius 1 is 1.07 bits per heavy atom. The van der Waals surface area contributed by atoms with Gasteiger partial charge in [0.2, 0.25) is 0 Å². The van der Waals surface area contributed by atoms with Gasteiger partial charge in [0, 0.05) is 22.8 Å². The molecule has 2 aromatic carbocycles. The molecular formula is C21H16F3NO4. The second-order valence-electron chi connectivity index (χ2n) is 5.96. The van der Waals surface area contributed by atoms with Crippen LogP contribution in [0, 0.1) is 0 Å². The number of nitrogens with zero attached hydrogens (tertiary/aromatic N) is 1. The van der Waals surface area contributed by atoms with E-state index in [9.17, 15) is 18.0 Å². The van der Waals surface area contributed by atoms with Gasteiger partial charge in [0.1, 0.15) is 11.3 Å². The Morgan fingerprint density at radius 3 is 2.38 bits per heavy atom. The van der Waals surface area contributed by atoms with Gasteiger partial charge >= 0.3 is 12.1 Å². The fourth-order valence-corrected chi connectivity index (χ4v) is 2.75. The van der Waals surface area contributed by atoms with Gasteiger partial charge in [0.25, 0.3) is 0 Å². The Bertz CT molecular complexity index is 1040. The number of methoxy groups -OCH3 is 2. The highest BCUT2D eigenvalue weighted by Crippen LogP contribution is 2.34. The van der Waals surface area contributed by atoms with Crippen LogP contribution in [0.1, 0.15) is 11.1 Å². The van der Waals surface area contributed by atoms with Crippen molar-refractivity contribution in [2.24, 2.45) is 0 Å². The van der Waals surface area contributed by atoms with E-state index in [2.05, 4.69) is 5.16 Å². The van der Waals surface area contributed by atoms with Crippen LogP contribution in [0.4, 0.5) is 13.2 Å². The molecule has 0 saturated carbocycles. The van der Waals surface area contributed by atoms with E-state index < -0.39 is 17.7 Å². The summed E-state index contributed by atoms with van der Waals surface area (Å²) in [5, 5.41) is 4.00. The molecule has 150 valence electrons. The molecule has 29 heavy (non-hydrogen) atoms. The molecule has 0 amide bonds. The first kappa shape index (κ1) is 20.2. The van der Waals surface area contributed by atoms with E-state index in [1.54, 1.807) is 30.3 Å². The summed E-state index contributed by atoms with van der Waals surface area (Å²) in [4.78, 5) is 12.1. The molecule has 5 nitrogen and oxygen atoms in total. The molecule has 0 fully saturated rings. The first-order chi connectivity index (χ1) is 13.8. The zero-order valence-electron chi connectivity index (χ0n) is 15.5. The maximum absolute atomic E-state index is 12.7. The van der Waals surface area contributed by atoms with Crippen LogP contribution in [0.15, 0.2) is 65.4 Å². The van der Waals surface area contributed by atoms with Crippen molar-refractivity contribution in [3.05, 3.63) is 72.0 Å². The molecule has 1 heterocycles. The highest BCUT2D eigenvalue weighted by Gasteiger charge is 2.30. The number of halogens is 3. The topological polar surface area (TPSA) is 61.6 Å². The number of hydrogen-bond acceptors (Lipinski definition) is 5. The van der Waals surface area contributed by atoms with Crippen LogP contribution in [-0.2, 0) is 20.4 Å². The standard InChI is InChI=1S/C21H16F3NO4/c1-27-12-17(20(26)28-2)15-5-3-4-6-16(15)18-11-19(29-25-18)13-7-9-14(10-8-13)21(22,23)24/h3-12H,1-2H3. The zero-order chi connectivity index (χ0) is 21.0. The van der Waals surface area contributed by atoms with Crippen molar-refractivity contribution in [1.82, 2.24) is 5.16 Å². The second kappa shape index (κ2) is 8.22. The van der Waals surface area contributed by atoms with Crippen LogP contribution in [0.2, 0.25) is 0 Å². The van der Waals surface area contributed by atoms with Crippen LogP contribution in [0.5, 0.6) is 0 Å². The van der Waals surface area contributed by atoms with Crippen molar-refractivity contribution in [1.29, 1.82) is 0 Å². The SMILES string of the molecule is COC=C(C(=O)OC)c1ccccc1-c1cc(-c2ccc(C(F)(F)F)cc2)on1. The van der Waals surface area contributed by atoms with E-state index in [-0.39, 0.29) is 5.57 Å². The third kappa shape index (κ3) is 4.31. The van der Waals surface area contributed by atoms with Gasteiger partial charge in [0.15, 0.2) is 5.76 Å². The number of esters is 1. The predicted octanol–water partition coefficient (Wildman–Crippen LogP) is 5.19. The van der Waals surface area contributed by atoms with E-state index in [1.807, 2.05) is 0 Å². The molecular weight excluding hydrogens is 387 g/mol. The maximum atomic E-state index is 12.7. The van der Waals surface area contributed by atoms with Crippen molar-refractivity contribution in [3.8, 4) is 22.6 Å². The number of ether oxygens (including phenoxy) is 2. The third-order valence-electron chi connectivity index (χ3n) is 4.14. The van der Waals surface area contributed by atoms with Crippen LogP contribution < -0.4 is 0 Å². The van der Waals surface area contributed by atoms with E-state index in [0.717, 1.165) is 12.1 Å². The maximum Gasteiger partial charge on any atom is 0.416 e.